The average Bonchev–Trinajstić information content (AvgIpc) is 2.62. The van der Waals surface area contributed by atoms with Gasteiger partial charge in [0.05, 0.1) is 17.2 Å². The van der Waals surface area contributed by atoms with Crippen LogP contribution < -0.4 is 11.1 Å². The van der Waals surface area contributed by atoms with Crippen molar-refractivity contribution in [2.75, 3.05) is 7.05 Å². The van der Waals surface area contributed by atoms with Crippen molar-refractivity contribution >= 4 is 17.2 Å². The summed E-state index contributed by atoms with van der Waals surface area (Å²) in [6.45, 7) is 0. The van der Waals surface area contributed by atoms with Crippen molar-refractivity contribution in [3.8, 4) is 0 Å². The topological polar surface area (TPSA) is 62.2 Å². The highest BCUT2D eigenvalue weighted by Crippen LogP contribution is 2.32. The lowest BCUT2D eigenvalue weighted by Crippen LogP contribution is -2.26. The minimum absolute atomic E-state index is 0.00240. The van der Waals surface area contributed by atoms with Gasteiger partial charge in [-0.05, 0) is 37.0 Å². The zero-order valence-corrected chi connectivity index (χ0v) is 10.3. The first-order valence-corrected chi connectivity index (χ1v) is 6.23. The number of fused-ring (bicyclic) bond motifs is 1. The first-order valence-electron chi connectivity index (χ1n) is 6.23. The Kier molecular flexibility index (Phi) is 2.66. The van der Waals surface area contributed by atoms with Crippen LogP contribution in [0.2, 0.25) is 0 Å². The minimum atomic E-state index is -0.00240. The van der Waals surface area contributed by atoms with Crippen LogP contribution in [0.1, 0.15) is 30.9 Å². The summed E-state index contributed by atoms with van der Waals surface area (Å²) in [6.07, 6.45) is 5.16. The van der Waals surface area contributed by atoms with E-state index in [1.807, 2.05) is 22.8 Å². The summed E-state index contributed by atoms with van der Waals surface area (Å²) in [5.74, 6) is 0. The number of nitrogens with one attached hydrogen (secondary N) is 2. The summed E-state index contributed by atoms with van der Waals surface area (Å²) < 4.78 is 1.88. The molecule has 3 rings (SSSR count). The maximum Gasteiger partial charge on any atom is 0.326 e. The zero-order chi connectivity index (χ0) is 12.5. The summed E-state index contributed by atoms with van der Waals surface area (Å²) in [7, 11) is 1.76. The number of H-pyrrole nitrogens is 1. The van der Waals surface area contributed by atoms with E-state index < -0.39 is 0 Å². The van der Waals surface area contributed by atoms with Crippen molar-refractivity contribution in [2.24, 2.45) is 5.10 Å². The van der Waals surface area contributed by atoms with Gasteiger partial charge >= 0.3 is 5.69 Å². The highest BCUT2D eigenvalue weighted by Gasteiger charge is 2.23. The fraction of sp³-hybridized carbons (Fsp3) is 0.385. The van der Waals surface area contributed by atoms with Gasteiger partial charge in [-0.15, -0.1) is 0 Å². The van der Waals surface area contributed by atoms with Crippen LogP contribution >= 0.6 is 0 Å². The molecule has 0 radical (unpaired) electrons. The zero-order valence-electron chi connectivity index (χ0n) is 10.3. The van der Waals surface area contributed by atoms with Gasteiger partial charge in [0.1, 0.15) is 0 Å². The molecule has 0 amide bonds. The molecular weight excluding hydrogens is 228 g/mol. The second kappa shape index (κ2) is 4.33. The third-order valence-electron chi connectivity index (χ3n) is 3.52. The number of hydrogen-bond acceptors (Lipinski definition) is 3. The second-order valence-corrected chi connectivity index (χ2v) is 4.64. The molecule has 1 aliphatic carbocycles. The van der Waals surface area contributed by atoms with Gasteiger partial charge in [0.2, 0.25) is 0 Å². The Labute approximate surface area is 105 Å². The Morgan fingerprint density at radius 1 is 1.50 bits per heavy atom. The molecule has 5 heteroatoms. The van der Waals surface area contributed by atoms with Crippen molar-refractivity contribution in [1.82, 2.24) is 15.0 Å². The second-order valence-electron chi connectivity index (χ2n) is 4.64. The predicted octanol–water partition coefficient (Wildman–Crippen LogP) is 1.61. The third kappa shape index (κ3) is 1.72. The van der Waals surface area contributed by atoms with E-state index in [1.54, 1.807) is 13.3 Å². The van der Waals surface area contributed by atoms with Crippen molar-refractivity contribution < 1.29 is 0 Å². The Hall–Kier alpha value is -2.04. The van der Waals surface area contributed by atoms with Crippen LogP contribution in [0, 0.1) is 0 Å². The largest absolute Gasteiger partial charge is 0.326 e. The summed E-state index contributed by atoms with van der Waals surface area (Å²) in [6, 6.07) is 6.25. The monoisotopic (exact) mass is 244 g/mol. The minimum Gasteiger partial charge on any atom is -0.313 e. The molecule has 94 valence electrons. The standard InChI is InChI=1S/C13H16N4O/c1-14-15-8-9-5-6-11-12(7-9)17(13(18)16-11)10-3-2-4-10/h5-8,10,14H,2-4H2,1H3,(H,16,18)/b15-8+. The molecule has 18 heavy (non-hydrogen) atoms. The molecule has 0 atom stereocenters. The quantitative estimate of drug-likeness (QED) is 0.636. The van der Waals surface area contributed by atoms with E-state index >= 15 is 0 Å². The van der Waals surface area contributed by atoms with Crippen LogP contribution in [0.15, 0.2) is 28.1 Å². The van der Waals surface area contributed by atoms with Gasteiger partial charge in [0, 0.05) is 13.1 Å². The molecule has 2 N–H and O–H groups in total. The number of imidazole rings is 1. The maximum absolute atomic E-state index is 12.0. The molecule has 1 aromatic heterocycles. The molecule has 1 fully saturated rings. The number of hydrogen-bond donors (Lipinski definition) is 2. The van der Waals surface area contributed by atoms with Gasteiger partial charge < -0.3 is 10.4 Å². The van der Waals surface area contributed by atoms with Crippen molar-refractivity contribution in [3.05, 3.63) is 34.2 Å². The van der Waals surface area contributed by atoms with E-state index in [4.69, 9.17) is 0 Å². The number of rotatable bonds is 3. The fourth-order valence-corrected chi connectivity index (χ4v) is 2.37. The normalized spacial score (nSPS) is 16.3. The van der Waals surface area contributed by atoms with E-state index in [0.29, 0.717) is 6.04 Å². The number of hydrazone groups is 1. The van der Waals surface area contributed by atoms with Gasteiger partial charge in [-0.1, -0.05) is 6.07 Å². The highest BCUT2D eigenvalue weighted by atomic mass is 16.1. The number of aromatic amines is 1. The Balaban J connectivity index is 2.12. The lowest BCUT2D eigenvalue weighted by molar-refractivity contribution is 0.314. The first-order chi connectivity index (χ1) is 8.79. The van der Waals surface area contributed by atoms with Crippen LogP contribution in [0.5, 0.6) is 0 Å². The molecule has 0 aliphatic heterocycles. The fourth-order valence-electron chi connectivity index (χ4n) is 2.37. The molecular formula is C13H16N4O. The van der Waals surface area contributed by atoms with E-state index in [-0.39, 0.29) is 5.69 Å². The van der Waals surface area contributed by atoms with Crippen LogP contribution in [-0.4, -0.2) is 22.8 Å². The SMILES string of the molecule is CN/N=C/c1ccc2[nH]c(=O)n(C3CCC3)c2c1. The van der Waals surface area contributed by atoms with Crippen LogP contribution in [0.4, 0.5) is 0 Å². The van der Waals surface area contributed by atoms with Gasteiger partial charge in [-0.2, -0.15) is 5.10 Å². The van der Waals surface area contributed by atoms with Crippen LogP contribution in [0.25, 0.3) is 11.0 Å². The number of nitrogens with zero attached hydrogens (tertiary/aromatic N) is 2. The number of benzene rings is 1. The van der Waals surface area contributed by atoms with Gasteiger partial charge in [-0.25, -0.2) is 4.79 Å². The molecule has 0 spiro atoms. The molecule has 0 unspecified atom stereocenters. The molecule has 1 aliphatic rings. The Morgan fingerprint density at radius 3 is 3.00 bits per heavy atom. The maximum atomic E-state index is 12.0. The molecule has 5 nitrogen and oxygen atoms in total. The molecule has 1 aromatic carbocycles. The van der Waals surface area contributed by atoms with Gasteiger partial charge in [0.25, 0.3) is 0 Å². The van der Waals surface area contributed by atoms with E-state index in [1.165, 1.54) is 6.42 Å². The summed E-state index contributed by atoms with van der Waals surface area (Å²) in [5, 5.41) is 3.99. The van der Waals surface area contributed by atoms with E-state index in [0.717, 1.165) is 29.4 Å². The van der Waals surface area contributed by atoms with Gasteiger partial charge in [0.15, 0.2) is 0 Å². The lowest BCUT2D eigenvalue weighted by Gasteiger charge is -2.26. The van der Waals surface area contributed by atoms with Crippen molar-refractivity contribution in [1.29, 1.82) is 0 Å². The predicted molar refractivity (Wildman–Crippen MR) is 72.1 cm³/mol. The highest BCUT2D eigenvalue weighted by molar-refractivity contribution is 5.87. The number of aromatic nitrogens is 2. The van der Waals surface area contributed by atoms with Crippen LogP contribution in [0.3, 0.4) is 0 Å². The first kappa shape index (κ1) is 11.1. The Bertz CT molecular complexity index is 649. The molecule has 0 bridgehead atoms. The third-order valence-corrected chi connectivity index (χ3v) is 3.52. The Morgan fingerprint density at radius 2 is 2.33 bits per heavy atom. The molecule has 0 saturated heterocycles. The smallest absolute Gasteiger partial charge is 0.313 e. The lowest BCUT2D eigenvalue weighted by atomic mass is 9.93. The van der Waals surface area contributed by atoms with Gasteiger partial charge in [-0.3, -0.25) is 4.57 Å². The van der Waals surface area contributed by atoms with E-state index in [2.05, 4.69) is 15.5 Å². The molecule has 1 saturated carbocycles. The summed E-state index contributed by atoms with van der Waals surface area (Å²) in [5.41, 5.74) is 5.58. The average molecular weight is 244 g/mol. The van der Waals surface area contributed by atoms with E-state index in [9.17, 15) is 4.79 Å². The van der Waals surface area contributed by atoms with Crippen molar-refractivity contribution in [3.63, 3.8) is 0 Å². The summed E-state index contributed by atoms with van der Waals surface area (Å²) in [4.78, 5) is 14.9. The molecule has 2 aromatic rings. The summed E-state index contributed by atoms with van der Waals surface area (Å²) >= 11 is 0. The van der Waals surface area contributed by atoms with Crippen molar-refractivity contribution in [2.45, 2.75) is 25.3 Å². The van der Waals surface area contributed by atoms with Crippen LogP contribution in [-0.2, 0) is 0 Å². The molecule has 1 heterocycles.